The molecular weight excluding hydrogens is 274 g/mol. The van der Waals surface area contributed by atoms with Crippen molar-refractivity contribution in [2.45, 2.75) is 40.2 Å². The molecule has 2 rings (SSSR count). The number of nitrogens with zero attached hydrogens (tertiary/aromatic N) is 3. The highest BCUT2D eigenvalue weighted by Gasteiger charge is 2.09. The zero-order valence-corrected chi connectivity index (χ0v) is 12.9. The first-order chi connectivity index (χ1) is 9.63. The average Bonchev–Trinajstić information content (AvgIpc) is 2.89. The van der Waals surface area contributed by atoms with Gasteiger partial charge >= 0.3 is 0 Å². The monoisotopic (exact) mass is 293 g/mol. The van der Waals surface area contributed by atoms with Crippen LogP contribution in [0.2, 0.25) is 5.02 Å². The molecule has 2 aromatic rings. The number of rotatable bonds is 6. The summed E-state index contributed by atoms with van der Waals surface area (Å²) in [5.41, 5.74) is 3.15. The van der Waals surface area contributed by atoms with E-state index in [2.05, 4.69) is 10.3 Å². The number of hydrogen-bond acceptors (Lipinski definition) is 3. The highest BCUT2D eigenvalue weighted by molar-refractivity contribution is 6.31. The molecule has 0 aliphatic rings. The molecule has 0 radical (unpaired) electrons. The molecule has 0 fully saturated rings. The number of aromatic nitrogens is 3. The fraction of sp³-hybridized carbons (Fsp3) is 0.467. The van der Waals surface area contributed by atoms with Crippen LogP contribution in [-0.2, 0) is 19.4 Å². The van der Waals surface area contributed by atoms with Crippen molar-refractivity contribution in [3.05, 3.63) is 40.2 Å². The van der Waals surface area contributed by atoms with Gasteiger partial charge in [-0.25, -0.2) is 0 Å². The fourth-order valence-corrected chi connectivity index (χ4v) is 2.24. The maximum Gasteiger partial charge on any atom is 0.122 e. The number of aryl methyl sites for hydroxylation is 4. The third kappa shape index (κ3) is 3.51. The quantitative estimate of drug-likeness (QED) is 0.819. The summed E-state index contributed by atoms with van der Waals surface area (Å²) < 4.78 is 7.52. The lowest BCUT2D eigenvalue weighted by molar-refractivity contribution is 0.336. The van der Waals surface area contributed by atoms with E-state index in [0.717, 1.165) is 47.0 Å². The maximum absolute atomic E-state index is 6.21. The van der Waals surface area contributed by atoms with Crippen LogP contribution in [0.3, 0.4) is 0 Å². The molecule has 0 N–H and O–H groups in total. The molecule has 108 valence electrons. The minimum absolute atomic E-state index is 0.653. The van der Waals surface area contributed by atoms with Crippen LogP contribution in [0.5, 0.6) is 5.75 Å². The second kappa shape index (κ2) is 6.75. The van der Waals surface area contributed by atoms with Crippen molar-refractivity contribution < 1.29 is 4.74 Å². The van der Waals surface area contributed by atoms with Crippen molar-refractivity contribution in [1.29, 1.82) is 0 Å². The van der Waals surface area contributed by atoms with Gasteiger partial charge in [-0.05, 0) is 56.9 Å². The van der Waals surface area contributed by atoms with Crippen molar-refractivity contribution in [3.8, 4) is 5.75 Å². The van der Waals surface area contributed by atoms with E-state index < -0.39 is 0 Å². The zero-order valence-electron chi connectivity index (χ0n) is 12.2. The second-order valence-corrected chi connectivity index (χ2v) is 5.11. The summed E-state index contributed by atoms with van der Waals surface area (Å²) in [7, 11) is 0. The Balaban J connectivity index is 2.13. The first-order valence-corrected chi connectivity index (χ1v) is 7.32. The fourth-order valence-electron chi connectivity index (χ4n) is 2.05. The molecule has 0 unspecified atom stereocenters. The van der Waals surface area contributed by atoms with Gasteiger partial charge in [0.05, 0.1) is 12.3 Å². The molecular formula is C15H20ClN3O. The van der Waals surface area contributed by atoms with Crippen molar-refractivity contribution in [1.82, 2.24) is 15.0 Å². The van der Waals surface area contributed by atoms with Gasteiger partial charge in [-0.1, -0.05) is 16.8 Å². The van der Waals surface area contributed by atoms with Crippen LogP contribution in [0, 0.1) is 6.92 Å². The lowest BCUT2D eigenvalue weighted by atomic mass is 10.1. The number of benzene rings is 1. The Bertz CT molecular complexity index is 580. The van der Waals surface area contributed by atoms with Gasteiger partial charge in [0.15, 0.2) is 0 Å². The van der Waals surface area contributed by atoms with Gasteiger partial charge in [0.1, 0.15) is 5.75 Å². The maximum atomic E-state index is 6.21. The minimum atomic E-state index is 0.653. The average molecular weight is 294 g/mol. The summed E-state index contributed by atoms with van der Waals surface area (Å²) in [4.78, 5) is 0. The number of ether oxygens (including phenoxy) is 1. The summed E-state index contributed by atoms with van der Waals surface area (Å²) in [5, 5.41) is 8.98. The molecule has 1 heterocycles. The molecule has 0 saturated carbocycles. The van der Waals surface area contributed by atoms with Crippen LogP contribution in [0.15, 0.2) is 18.3 Å². The van der Waals surface area contributed by atoms with Crippen molar-refractivity contribution >= 4 is 11.6 Å². The predicted octanol–water partition coefficient (Wildman–Crippen LogP) is 3.44. The molecule has 0 aliphatic carbocycles. The molecule has 0 aliphatic heterocycles. The Morgan fingerprint density at radius 2 is 2.05 bits per heavy atom. The van der Waals surface area contributed by atoms with Crippen molar-refractivity contribution in [2.75, 3.05) is 6.61 Å². The predicted molar refractivity (Wildman–Crippen MR) is 80.5 cm³/mol. The van der Waals surface area contributed by atoms with Crippen LogP contribution in [0.4, 0.5) is 0 Å². The van der Waals surface area contributed by atoms with Crippen LogP contribution in [0.25, 0.3) is 0 Å². The van der Waals surface area contributed by atoms with Gasteiger partial charge in [0.25, 0.3) is 0 Å². The van der Waals surface area contributed by atoms with Gasteiger partial charge in [0, 0.05) is 17.8 Å². The molecule has 20 heavy (non-hydrogen) atoms. The third-order valence-electron chi connectivity index (χ3n) is 3.20. The van der Waals surface area contributed by atoms with E-state index in [9.17, 15) is 0 Å². The van der Waals surface area contributed by atoms with Crippen LogP contribution in [0.1, 0.15) is 30.7 Å². The molecule has 0 spiro atoms. The van der Waals surface area contributed by atoms with Gasteiger partial charge in [0.2, 0.25) is 0 Å². The summed E-state index contributed by atoms with van der Waals surface area (Å²) in [6.45, 7) is 7.51. The summed E-state index contributed by atoms with van der Waals surface area (Å²) in [6.07, 6.45) is 3.66. The molecule has 0 amide bonds. The highest BCUT2D eigenvalue weighted by Crippen LogP contribution is 2.27. The molecule has 4 nitrogen and oxygen atoms in total. The Morgan fingerprint density at radius 3 is 2.70 bits per heavy atom. The van der Waals surface area contributed by atoms with Crippen LogP contribution >= 0.6 is 11.6 Å². The largest absolute Gasteiger partial charge is 0.494 e. The van der Waals surface area contributed by atoms with Crippen molar-refractivity contribution in [3.63, 3.8) is 0 Å². The number of hydrogen-bond donors (Lipinski definition) is 0. The Hall–Kier alpha value is -1.55. The van der Waals surface area contributed by atoms with E-state index in [1.54, 1.807) is 0 Å². The van der Waals surface area contributed by atoms with Gasteiger partial charge in [-0.15, -0.1) is 5.10 Å². The smallest absolute Gasteiger partial charge is 0.122 e. The Morgan fingerprint density at radius 1 is 1.25 bits per heavy atom. The van der Waals surface area contributed by atoms with Gasteiger partial charge in [-0.2, -0.15) is 0 Å². The van der Waals surface area contributed by atoms with Gasteiger partial charge < -0.3 is 4.74 Å². The molecule has 0 bridgehead atoms. The van der Waals surface area contributed by atoms with Crippen LogP contribution < -0.4 is 4.74 Å². The lowest BCUT2D eigenvalue weighted by Crippen LogP contribution is -2.00. The zero-order chi connectivity index (χ0) is 14.5. The topological polar surface area (TPSA) is 39.9 Å². The van der Waals surface area contributed by atoms with E-state index >= 15 is 0 Å². The van der Waals surface area contributed by atoms with E-state index in [4.69, 9.17) is 16.3 Å². The molecule has 1 aromatic carbocycles. The number of halogens is 1. The summed E-state index contributed by atoms with van der Waals surface area (Å²) in [6, 6.07) is 4.00. The highest BCUT2D eigenvalue weighted by atomic mass is 35.5. The van der Waals surface area contributed by atoms with E-state index in [1.807, 2.05) is 43.8 Å². The molecule has 0 atom stereocenters. The first-order valence-electron chi connectivity index (χ1n) is 6.94. The van der Waals surface area contributed by atoms with E-state index in [1.165, 1.54) is 0 Å². The van der Waals surface area contributed by atoms with Crippen LogP contribution in [-0.4, -0.2) is 21.6 Å². The molecule has 5 heteroatoms. The standard InChI is InChI=1S/C15H20ClN3O/c1-4-19-10-13(17-18-19)7-6-12-9-14(16)11(3)8-15(12)20-5-2/h8-10H,4-7H2,1-3H3. The normalized spacial score (nSPS) is 10.8. The summed E-state index contributed by atoms with van der Waals surface area (Å²) in [5.74, 6) is 0.914. The minimum Gasteiger partial charge on any atom is -0.494 e. The van der Waals surface area contributed by atoms with Gasteiger partial charge in [-0.3, -0.25) is 4.68 Å². The Labute approximate surface area is 124 Å². The van der Waals surface area contributed by atoms with Crippen molar-refractivity contribution in [2.24, 2.45) is 0 Å². The Kier molecular flexibility index (Phi) is 5.01. The van der Waals surface area contributed by atoms with E-state index in [0.29, 0.717) is 6.61 Å². The summed E-state index contributed by atoms with van der Waals surface area (Å²) >= 11 is 6.21. The first kappa shape index (κ1) is 14.9. The SMILES string of the molecule is CCOc1cc(C)c(Cl)cc1CCc1cn(CC)nn1. The van der Waals surface area contributed by atoms with E-state index in [-0.39, 0.29) is 0 Å². The second-order valence-electron chi connectivity index (χ2n) is 4.71. The third-order valence-corrected chi connectivity index (χ3v) is 3.61. The molecule has 0 saturated heterocycles. The molecule has 1 aromatic heterocycles. The lowest BCUT2D eigenvalue weighted by Gasteiger charge is -2.12.